The van der Waals surface area contributed by atoms with E-state index in [9.17, 15) is 0 Å². The zero-order valence-electron chi connectivity index (χ0n) is 32.0. The van der Waals surface area contributed by atoms with Gasteiger partial charge in [-0.1, -0.05) is 243 Å². The van der Waals surface area contributed by atoms with Crippen LogP contribution in [0.5, 0.6) is 0 Å². The van der Waals surface area contributed by atoms with Crippen molar-refractivity contribution in [2.24, 2.45) is 0 Å². The minimum Gasteiger partial charge on any atom is -0.313 e. The monoisotopic (exact) mass is 824 g/mol. The van der Waals surface area contributed by atoms with Gasteiger partial charge in [-0.3, -0.25) is 0 Å². The maximum Gasteiger partial charge on any atom is 0.147 e. The number of benzene rings is 8. The third-order valence-corrected chi connectivity index (χ3v) is 25.6. The van der Waals surface area contributed by atoms with Crippen LogP contribution in [0.2, 0.25) is 0 Å². The summed E-state index contributed by atoms with van der Waals surface area (Å²) in [4.78, 5) is 0. The van der Waals surface area contributed by atoms with E-state index in [1.165, 1.54) is 21.2 Å². The Hall–Kier alpha value is -4.92. The smallest absolute Gasteiger partial charge is 0.147 e. The van der Waals surface area contributed by atoms with Crippen LogP contribution in [0.4, 0.5) is 0 Å². The van der Waals surface area contributed by atoms with Gasteiger partial charge in [-0.2, -0.15) is 0 Å². The van der Waals surface area contributed by atoms with Crippen molar-refractivity contribution < 1.29 is 9.13 Å². The first-order valence-electron chi connectivity index (χ1n) is 19.8. The molecule has 1 aliphatic carbocycles. The number of hydrogen-bond acceptors (Lipinski definition) is 2. The fraction of sp³-hybridized carbons (Fsp3) is 0.0769. The van der Waals surface area contributed by atoms with Gasteiger partial charge in [-0.15, -0.1) is 0 Å². The van der Waals surface area contributed by atoms with E-state index in [-0.39, 0.29) is 11.3 Å². The second kappa shape index (κ2) is 17.1. The largest absolute Gasteiger partial charge is 0.313 e. The Balaban J connectivity index is 1.44. The van der Waals surface area contributed by atoms with Gasteiger partial charge in [0.25, 0.3) is 0 Å². The Labute approximate surface area is 345 Å². The van der Waals surface area contributed by atoms with Crippen LogP contribution in [0.25, 0.3) is 0 Å². The quantitative estimate of drug-likeness (QED) is 0.115. The molecule has 58 heavy (non-hydrogen) atoms. The summed E-state index contributed by atoms with van der Waals surface area (Å²) in [5, 5.41) is 8.19. The first-order chi connectivity index (χ1) is 28.6. The summed E-state index contributed by atoms with van der Waals surface area (Å²) in [6.07, 6.45) is 0. The van der Waals surface area contributed by atoms with E-state index < -0.39 is 41.4 Å². The summed E-state index contributed by atoms with van der Waals surface area (Å²) in [5.74, 6) is 0. The van der Waals surface area contributed by atoms with E-state index in [1.807, 2.05) is 72.8 Å². The van der Waals surface area contributed by atoms with Gasteiger partial charge >= 0.3 is 0 Å². The molecular weight excluding hydrogens is 780 g/mol. The Morgan fingerprint density at radius 3 is 0.621 bits per heavy atom. The third-order valence-electron chi connectivity index (χ3n) is 11.5. The molecule has 0 N–H and O–H groups in total. The standard InChI is InChI=1S/C52H44O2P4/c53-57(45-33-17-5-18-34-45,46-35-19-6-20-36-46)51-49(55(41-25-9-1-10-26-41)42-27-11-2-12-28-42)50(56(43-29-13-3-14-30-43)44-31-15-4-16-32-44)52(51)58(54,47-37-21-7-22-38-47)48-39-23-8-24-40-48/h1-40,49-52H/t49-,50+,51+,52-. The zero-order valence-corrected chi connectivity index (χ0v) is 35.6. The van der Waals surface area contributed by atoms with E-state index in [1.54, 1.807) is 0 Å². The van der Waals surface area contributed by atoms with E-state index in [0.29, 0.717) is 0 Å². The molecule has 1 fully saturated rings. The summed E-state index contributed by atoms with van der Waals surface area (Å²) < 4.78 is 34.9. The van der Waals surface area contributed by atoms with E-state index in [2.05, 4.69) is 170 Å². The molecule has 8 aromatic carbocycles. The molecule has 0 saturated heterocycles. The van der Waals surface area contributed by atoms with Gasteiger partial charge in [-0.25, -0.2) is 0 Å². The van der Waals surface area contributed by atoms with E-state index in [4.69, 9.17) is 0 Å². The molecule has 1 aliphatic rings. The fourth-order valence-corrected chi connectivity index (χ4v) is 26.3. The molecular formula is C52H44O2P4. The molecule has 0 unspecified atom stereocenters. The van der Waals surface area contributed by atoms with Crippen LogP contribution in [0.3, 0.4) is 0 Å². The lowest BCUT2D eigenvalue weighted by atomic mass is 9.96. The molecule has 0 bridgehead atoms. The van der Waals surface area contributed by atoms with Crippen molar-refractivity contribution in [1.82, 2.24) is 0 Å². The van der Waals surface area contributed by atoms with Crippen LogP contribution in [0, 0.1) is 0 Å². The molecule has 284 valence electrons. The zero-order chi connectivity index (χ0) is 39.4. The van der Waals surface area contributed by atoms with Crippen molar-refractivity contribution >= 4 is 72.6 Å². The van der Waals surface area contributed by atoms with Crippen molar-refractivity contribution in [1.29, 1.82) is 0 Å². The molecule has 9 rings (SSSR count). The molecule has 0 radical (unpaired) electrons. The number of hydrogen-bond donors (Lipinski definition) is 0. The minimum absolute atomic E-state index is 0.122. The summed E-state index contributed by atoms with van der Waals surface area (Å²) in [5.41, 5.74) is -1.19. The molecule has 1 saturated carbocycles. The minimum atomic E-state index is -3.58. The summed E-state index contributed by atoms with van der Waals surface area (Å²) in [7, 11) is -9.46. The predicted octanol–water partition coefficient (Wildman–Crippen LogP) is 9.77. The second-order valence-electron chi connectivity index (χ2n) is 14.7. The van der Waals surface area contributed by atoms with Gasteiger partial charge in [0.1, 0.15) is 14.3 Å². The van der Waals surface area contributed by atoms with Gasteiger partial charge in [0, 0.05) is 43.9 Å². The van der Waals surface area contributed by atoms with Gasteiger partial charge in [0.2, 0.25) is 0 Å². The second-order valence-corrected chi connectivity index (χ2v) is 25.3. The van der Waals surface area contributed by atoms with Crippen LogP contribution < -0.4 is 42.4 Å². The molecule has 6 heteroatoms. The highest BCUT2D eigenvalue weighted by Gasteiger charge is 2.68. The van der Waals surface area contributed by atoms with Crippen molar-refractivity contribution in [2.45, 2.75) is 22.6 Å². The van der Waals surface area contributed by atoms with Crippen molar-refractivity contribution in [3.63, 3.8) is 0 Å². The highest BCUT2D eigenvalue weighted by Crippen LogP contribution is 2.77. The van der Waals surface area contributed by atoms with Gasteiger partial charge < -0.3 is 9.13 Å². The lowest BCUT2D eigenvalue weighted by Crippen LogP contribution is -2.66. The summed E-state index contributed by atoms with van der Waals surface area (Å²) in [6, 6.07) is 84.0. The Morgan fingerprint density at radius 1 is 0.259 bits per heavy atom. The van der Waals surface area contributed by atoms with E-state index in [0.717, 1.165) is 21.2 Å². The van der Waals surface area contributed by atoms with Gasteiger partial charge in [0.15, 0.2) is 0 Å². The molecule has 2 nitrogen and oxygen atoms in total. The maximum atomic E-state index is 17.4. The van der Waals surface area contributed by atoms with Crippen LogP contribution in [-0.4, -0.2) is 22.6 Å². The molecule has 0 aliphatic heterocycles. The molecule has 8 aromatic rings. The van der Waals surface area contributed by atoms with Crippen LogP contribution in [-0.2, 0) is 9.13 Å². The summed E-state index contributed by atoms with van der Waals surface area (Å²) in [6.45, 7) is 0. The normalized spacial score (nSPS) is 18.1. The van der Waals surface area contributed by atoms with E-state index >= 15 is 9.13 Å². The number of rotatable bonds is 12. The fourth-order valence-electron chi connectivity index (χ4n) is 9.06. The van der Waals surface area contributed by atoms with Gasteiger partial charge in [-0.05, 0) is 37.1 Å². The lowest BCUT2D eigenvalue weighted by molar-refractivity contribution is 0.489. The van der Waals surface area contributed by atoms with Gasteiger partial charge in [0.05, 0.1) is 0 Å². The lowest BCUT2D eigenvalue weighted by Gasteiger charge is -2.61. The molecule has 0 spiro atoms. The first-order valence-corrected chi connectivity index (χ1v) is 26.2. The van der Waals surface area contributed by atoms with Crippen molar-refractivity contribution in [3.05, 3.63) is 243 Å². The molecule has 0 amide bonds. The van der Waals surface area contributed by atoms with Crippen LogP contribution >= 0.6 is 30.1 Å². The average Bonchev–Trinajstić information content (AvgIpc) is 3.31. The average molecular weight is 825 g/mol. The Morgan fingerprint density at radius 2 is 0.431 bits per heavy atom. The summed E-state index contributed by atoms with van der Waals surface area (Å²) >= 11 is 0. The third kappa shape index (κ3) is 7.02. The van der Waals surface area contributed by atoms with Crippen molar-refractivity contribution in [3.8, 4) is 0 Å². The maximum absolute atomic E-state index is 17.4. The molecule has 0 aromatic heterocycles. The Bertz CT molecular complexity index is 2280. The topological polar surface area (TPSA) is 34.1 Å². The van der Waals surface area contributed by atoms with Crippen LogP contribution in [0.1, 0.15) is 0 Å². The predicted molar refractivity (Wildman–Crippen MR) is 253 cm³/mol. The van der Waals surface area contributed by atoms with Crippen molar-refractivity contribution in [2.75, 3.05) is 0 Å². The highest BCUT2D eigenvalue weighted by atomic mass is 31.2. The Kier molecular flexibility index (Phi) is 11.4. The molecule has 0 heterocycles. The molecule has 4 atom stereocenters. The SMILES string of the molecule is O=P(c1ccccc1)(c1ccccc1)[C@@H]1[C@@H](P(c2ccccc2)c2ccccc2)[C@@H](P(c2ccccc2)c2ccccc2)[C@@H]1P(=O)(c1ccccc1)c1ccccc1. The highest BCUT2D eigenvalue weighted by molar-refractivity contribution is 7.87. The first kappa shape index (κ1) is 38.6. The van der Waals surface area contributed by atoms with Crippen LogP contribution in [0.15, 0.2) is 243 Å².